The minimum atomic E-state index is -1.37. The summed E-state index contributed by atoms with van der Waals surface area (Å²) < 4.78 is 26.1. The molecule has 1 fully saturated rings. The van der Waals surface area contributed by atoms with Crippen molar-refractivity contribution in [2.75, 3.05) is 6.61 Å². The Balaban J connectivity index is 3.31. The van der Waals surface area contributed by atoms with Gasteiger partial charge in [0, 0.05) is 34.1 Å². The van der Waals surface area contributed by atoms with Gasteiger partial charge >= 0.3 is 23.9 Å². The average molecular weight is 403 g/mol. The van der Waals surface area contributed by atoms with Crippen molar-refractivity contribution in [1.29, 1.82) is 0 Å². The third kappa shape index (κ3) is 7.14. The second-order valence-corrected chi connectivity index (χ2v) is 6.05. The average Bonchev–Trinajstić information content (AvgIpc) is 2.56. The molecule has 5 unspecified atom stereocenters. The fraction of sp³-hybridized carbons (Fsp3) is 0.706. The van der Waals surface area contributed by atoms with E-state index in [1.807, 2.05) is 0 Å². The first-order chi connectivity index (χ1) is 13.0. The van der Waals surface area contributed by atoms with Crippen molar-refractivity contribution >= 4 is 29.8 Å². The van der Waals surface area contributed by atoms with Gasteiger partial charge in [0.2, 0.25) is 12.2 Å². The molecule has 11 nitrogen and oxygen atoms in total. The van der Waals surface area contributed by atoms with Gasteiger partial charge in [-0.25, -0.2) is 0 Å². The van der Waals surface area contributed by atoms with Gasteiger partial charge in [-0.05, 0) is 0 Å². The molecule has 0 aromatic rings. The molecule has 1 saturated heterocycles. The molecule has 0 bridgehead atoms. The van der Waals surface area contributed by atoms with Gasteiger partial charge in [-0.2, -0.15) is 0 Å². The number of amides is 1. The summed E-state index contributed by atoms with van der Waals surface area (Å²) in [5, 5.41) is 2.55. The molecule has 11 heteroatoms. The van der Waals surface area contributed by atoms with E-state index in [0.717, 1.165) is 20.8 Å². The Morgan fingerprint density at radius 3 is 1.82 bits per heavy atom. The molecule has 1 amide bonds. The molecule has 0 spiro atoms. The summed E-state index contributed by atoms with van der Waals surface area (Å²) in [6, 6.07) is -1.15. The number of hydrogen-bond donors (Lipinski definition) is 1. The molecule has 1 N–H and O–H groups in total. The molecular formula is C17H25NO10. The van der Waals surface area contributed by atoms with Crippen LogP contribution in [0.25, 0.3) is 0 Å². The lowest BCUT2D eigenvalue weighted by molar-refractivity contribution is -0.271. The number of carbonyl (C=O) groups is 5. The van der Waals surface area contributed by atoms with E-state index in [4.69, 9.17) is 23.7 Å². The van der Waals surface area contributed by atoms with E-state index < -0.39 is 60.4 Å². The monoisotopic (exact) mass is 403 g/mol. The van der Waals surface area contributed by atoms with Crippen molar-refractivity contribution in [3.05, 3.63) is 0 Å². The molecule has 5 atom stereocenters. The molecule has 0 aliphatic carbocycles. The van der Waals surface area contributed by atoms with Gasteiger partial charge < -0.3 is 29.0 Å². The quantitative estimate of drug-likeness (QED) is 0.440. The Hall–Kier alpha value is -2.69. The first kappa shape index (κ1) is 23.3. The SMILES string of the molecule is CCC(=O)NC1C(OC(C)=O)OC(COC(C)=O)C(OC(C)=O)C1OC(C)=O. The van der Waals surface area contributed by atoms with Crippen molar-refractivity contribution in [1.82, 2.24) is 5.32 Å². The molecule has 0 radical (unpaired) electrons. The van der Waals surface area contributed by atoms with Gasteiger partial charge in [0.15, 0.2) is 12.2 Å². The maximum Gasteiger partial charge on any atom is 0.305 e. The third-order valence-electron chi connectivity index (χ3n) is 3.63. The second kappa shape index (κ2) is 10.6. The van der Waals surface area contributed by atoms with Crippen LogP contribution in [0.2, 0.25) is 0 Å². The molecule has 0 aromatic heterocycles. The number of hydrogen-bond acceptors (Lipinski definition) is 10. The van der Waals surface area contributed by atoms with E-state index in [0.29, 0.717) is 0 Å². The van der Waals surface area contributed by atoms with Gasteiger partial charge in [-0.1, -0.05) is 6.92 Å². The summed E-state index contributed by atoms with van der Waals surface area (Å²) in [6.07, 6.45) is -4.88. The van der Waals surface area contributed by atoms with Crippen molar-refractivity contribution in [3.63, 3.8) is 0 Å². The van der Waals surface area contributed by atoms with E-state index in [-0.39, 0.29) is 13.0 Å². The van der Waals surface area contributed by atoms with Crippen molar-refractivity contribution in [2.24, 2.45) is 0 Å². The Morgan fingerprint density at radius 2 is 1.36 bits per heavy atom. The van der Waals surface area contributed by atoms with Crippen molar-refractivity contribution in [3.8, 4) is 0 Å². The molecule has 1 rings (SSSR count). The number of carbonyl (C=O) groups excluding carboxylic acids is 5. The molecular weight excluding hydrogens is 378 g/mol. The molecule has 1 aliphatic rings. The largest absolute Gasteiger partial charge is 0.463 e. The Bertz CT molecular complexity index is 619. The van der Waals surface area contributed by atoms with Crippen molar-refractivity contribution in [2.45, 2.75) is 71.7 Å². The topological polar surface area (TPSA) is 144 Å². The van der Waals surface area contributed by atoms with E-state index in [1.165, 1.54) is 6.92 Å². The smallest absolute Gasteiger partial charge is 0.305 e. The molecule has 1 heterocycles. The Kier molecular flexibility index (Phi) is 8.83. The zero-order chi connectivity index (χ0) is 21.4. The zero-order valence-corrected chi connectivity index (χ0v) is 16.4. The van der Waals surface area contributed by atoms with Gasteiger partial charge in [0.25, 0.3) is 0 Å². The lowest BCUT2D eigenvalue weighted by Crippen LogP contribution is -2.66. The lowest BCUT2D eigenvalue weighted by Gasteiger charge is -2.44. The highest BCUT2D eigenvalue weighted by molar-refractivity contribution is 5.76. The van der Waals surface area contributed by atoms with E-state index in [1.54, 1.807) is 6.92 Å². The van der Waals surface area contributed by atoms with Crippen LogP contribution in [0.4, 0.5) is 0 Å². The molecule has 28 heavy (non-hydrogen) atoms. The van der Waals surface area contributed by atoms with Crippen LogP contribution in [0.5, 0.6) is 0 Å². The number of ether oxygens (including phenoxy) is 5. The first-order valence-corrected chi connectivity index (χ1v) is 8.65. The lowest BCUT2D eigenvalue weighted by atomic mass is 9.96. The Morgan fingerprint density at radius 1 is 0.821 bits per heavy atom. The van der Waals surface area contributed by atoms with Crippen LogP contribution in [-0.4, -0.2) is 67.0 Å². The molecule has 1 aliphatic heterocycles. The predicted octanol–water partition coefficient (Wildman–Crippen LogP) is -0.404. The highest BCUT2D eigenvalue weighted by Crippen LogP contribution is 2.28. The first-order valence-electron chi connectivity index (χ1n) is 8.65. The van der Waals surface area contributed by atoms with Crippen LogP contribution in [0.15, 0.2) is 0 Å². The van der Waals surface area contributed by atoms with Crippen molar-refractivity contribution < 1.29 is 47.7 Å². The van der Waals surface area contributed by atoms with Gasteiger partial charge in [-0.15, -0.1) is 0 Å². The summed E-state index contributed by atoms with van der Waals surface area (Å²) in [4.78, 5) is 57.8. The predicted molar refractivity (Wildman–Crippen MR) is 90.4 cm³/mol. The van der Waals surface area contributed by atoms with Gasteiger partial charge in [-0.3, -0.25) is 24.0 Å². The van der Waals surface area contributed by atoms with Gasteiger partial charge in [0.1, 0.15) is 18.8 Å². The second-order valence-electron chi connectivity index (χ2n) is 6.05. The summed E-state index contributed by atoms with van der Waals surface area (Å²) in [5.74, 6) is -3.24. The minimum Gasteiger partial charge on any atom is -0.463 e. The highest BCUT2D eigenvalue weighted by Gasteiger charge is 2.52. The summed E-state index contributed by atoms with van der Waals surface area (Å²) in [5.41, 5.74) is 0. The maximum atomic E-state index is 11.9. The summed E-state index contributed by atoms with van der Waals surface area (Å²) in [6.45, 7) is 5.78. The molecule has 0 saturated carbocycles. The standard InChI is InChI=1S/C17H25NO10/c1-6-13(23)18-14-16(26-10(4)21)15(25-9(3)20)12(7-24-8(2)19)28-17(14)27-11(5)22/h12,14-17H,6-7H2,1-5H3,(H,18,23). The maximum absolute atomic E-state index is 11.9. The van der Waals surface area contributed by atoms with E-state index in [9.17, 15) is 24.0 Å². The fourth-order valence-corrected chi connectivity index (χ4v) is 2.61. The Labute approximate surface area is 161 Å². The van der Waals surface area contributed by atoms with E-state index in [2.05, 4.69) is 5.32 Å². The number of esters is 4. The van der Waals surface area contributed by atoms with Crippen LogP contribution in [0.1, 0.15) is 41.0 Å². The zero-order valence-electron chi connectivity index (χ0n) is 16.4. The van der Waals surface area contributed by atoms with E-state index >= 15 is 0 Å². The van der Waals surface area contributed by atoms with Gasteiger partial charge in [0.05, 0.1) is 0 Å². The summed E-state index contributed by atoms with van der Waals surface area (Å²) >= 11 is 0. The summed E-state index contributed by atoms with van der Waals surface area (Å²) in [7, 11) is 0. The fourth-order valence-electron chi connectivity index (χ4n) is 2.61. The van der Waals surface area contributed by atoms with Crippen LogP contribution < -0.4 is 5.32 Å². The third-order valence-corrected chi connectivity index (χ3v) is 3.63. The number of nitrogens with one attached hydrogen (secondary N) is 1. The molecule has 158 valence electrons. The van der Waals surface area contributed by atoms with Crippen LogP contribution in [0, 0.1) is 0 Å². The van der Waals surface area contributed by atoms with Crippen LogP contribution in [-0.2, 0) is 47.7 Å². The molecule has 0 aromatic carbocycles. The highest BCUT2D eigenvalue weighted by atomic mass is 16.7. The number of rotatable bonds is 7. The van der Waals surface area contributed by atoms with Crippen LogP contribution in [0.3, 0.4) is 0 Å². The normalized spacial score (nSPS) is 26.5. The minimum absolute atomic E-state index is 0.0885. The van der Waals surface area contributed by atoms with Crippen LogP contribution >= 0.6 is 0 Å².